The van der Waals surface area contributed by atoms with E-state index in [0.29, 0.717) is 12.0 Å². The number of fused-ring (bicyclic) bond motifs is 2. The Hall–Kier alpha value is -0.0400. The van der Waals surface area contributed by atoms with Crippen molar-refractivity contribution in [2.45, 2.75) is 51.4 Å². The van der Waals surface area contributed by atoms with Crippen molar-refractivity contribution < 1.29 is 5.11 Å². The number of hydrogen-bond acceptors (Lipinski definition) is 1. The molecule has 3 fully saturated rings. The molecular weight excluding hydrogens is 172 g/mol. The van der Waals surface area contributed by atoms with Gasteiger partial charge in [-0.1, -0.05) is 19.3 Å². The van der Waals surface area contributed by atoms with Gasteiger partial charge in [0.25, 0.3) is 0 Å². The molecular formula is C13H22O. The van der Waals surface area contributed by atoms with E-state index < -0.39 is 0 Å². The van der Waals surface area contributed by atoms with Gasteiger partial charge in [-0.15, -0.1) is 0 Å². The predicted molar refractivity (Wildman–Crippen MR) is 56.9 cm³/mol. The number of rotatable bonds is 2. The van der Waals surface area contributed by atoms with Gasteiger partial charge in [0.05, 0.1) is 0 Å². The lowest BCUT2D eigenvalue weighted by molar-refractivity contribution is 0.0360. The molecule has 3 atom stereocenters. The first-order chi connectivity index (χ1) is 6.84. The Morgan fingerprint density at radius 3 is 2.36 bits per heavy atom. The summed E-state index contributed by atoms with van der Waals surface area (Å²) < 4.78 is 0. The molecule has 80 valence electrons. The van der Waals surface area contributed by atoms with Crippen LogP contribution < -0.4 is 0 Å². The Balaban J connectivity index is 1.80. The molecule has 3 unspecified atom stereocenters. The van der Waals surface area contributed by atoms with Crippen molar-refractivity contribution in [2.75, 3.05) is 6.61 Å². The molecule has 3 saturated carbocycles. The van der Waals surface area contributed by atoms with Gasteiger partial charge in [0.1, 0.15) is 0 Å². The van der Waals surface area contributed by atoms with Crippen LogP contribution >= 0.6 is 0 Å². The Kier molecular flexibility index (Phi) is 2.12. The molecule has 0 aliphatic heterocycles. The third-order valence-electron chi connectivity index (χ3n) is 5.44. The van der Waals surface area contributed by atoms with Crippen LogP contribution in [-0.4, -0.2) is 11.7 Å². The van der Waals surface area contributed by atoms with Crippen LogP contribution in [0.5, 0.6) is 0 Å². The zero-order valence-corrected chi connectivity index (χ0v) is 9.04. The summed E-state index contributed by atoms with van der Waals surface area (Å²) in [4.78, 5) is 0. The highest BCUT2D eigenvalue weighted by Gasteiger charge is 2.50. The number of aliphatic hydroxyl groups is 1. The van der Waals surface area contributed by atoms with Gasteiger partial charge < -0.3 is 5.11 Å². The van der Waals surface area contributed by atoms with Crippen molar-refractivity contribution in [1.29, 1.82) is 0 Å². The molecule has 0 radical (unpaired) electrons. The maximum atomic E-state index is 9.71. The third kappa shape index (κ3) is 1.18. The lowest BCUT2D eigenvalue weighted by Gasteiger charge is -2.39. The summed E-state index contributed by atoms with van der Waals surface area (Å²) in [5, 5.41) is 9.71. The second-order valence-corrected chi connectivity index (χ2v) is 6.01. The number of hydrogen-bond donors (Lipinski definition) is 1. The van der Waals surface area contributed by atoms with E-state index >= 15 is 0 Å². The third-order valence-corrected chi connectivity index (χ3v) is 5.44. The minimum absolute atomic E-state index is 0.375. The second-order valence-electron chi connectivity index (χ2n) is 6.01. The summed E-state index contributed by atoms with van der Waals surface area (Å²) in [5.41, 5.74) is 0.375. The van der Waals surface area contributed by atoms with Gasteiger partial charge in [-0.05, 0) is 55.3 Å². The van der Waals surface area contributed by atoms with Gasteiger partial charge in [-0.2, -0.15) is 0 Å². The summed E-state index contributed by atoms with van der Waals surface area (Å²) in [5.74, 6) is 2.92. The van der Waals surface area contributed by atoms with Crippen LogP contribution in [0.4, 0.5) is 0 Å². The van der Waals surface area contributed by atoms with Gasteiger partial charge in [-0.25, -0.2) is 0 Å². The van der Waals surface area contributed by atoms with Gasteiger partial charge in [-0.3, -0.25) is 0 Å². The molecule has 0 aromatic heterocycles. The van der Waals surface area contributed by atoms with Crippen LogP contribution in [0.15, 0.2) is 0 Å². The highest BCUT2D eigenvalue weighted by atomic mass is 16.3. The molecule has 0 spiro atoms. The molecule has 3 rings (SSSR count). The zero-order valence-electron chi connectivity index (χ0n) is 9.04. The van der Waals surface area contributed by atoms with Crippen LogP contribution in [0.3, 0.4) is 0 Å². The molecule has 0 saturated heterocycles. The van der Waals surface area contributed by atoms with Crippen molar-refractivity contribution in [3.8, 4) is 0 Å². The molecule has 0 aromatic carbocycles. The fraction of sp³-hybridized carbons (Fsp3) is 1.00. The molecule has 3 aliphatic carbocycles. The zero-order chi connectivity index (χ0) is 9.60. The molecule has 3 aliphatic rings. The van der Waals surface area contributed by atoms with E-state index in [0.717, 1.165) is 17.8 Å². The lowest BCUT2D eigenvalue weighted by Crippen LogP contribution is -2.34. The SMILES string of the molecule is OCC1(C2CC3CCC2C3)CCCC1. The normalized spacial score (nSPS) is 44.8. The fourth-order valence-electron chi connectivity index (χ4n) is 4.72. The largest absolute Gasteiger partial charge is 0.396 e. The van der Waals surface area contributed by atoms with E-state index in [2.05, 4.69) is 0 Å². The van der Waals surface area contributed by atoms with Gasteiger partial charge in [0.2, 0.25) is 0 Å². The van der Waals surface area contributed by atoms with Crippen LogP contribution in [-0.2, 0) is 0 Å². The number of aliphatic hydroxyl groups excluding tert-OH is 1. The van der Waals surface area contributed by atoms with Crippen LogP contribution in [0.1, 0.15) is 51.4 Å². The second kappa shape index (κ2) is 3.23. The Bertz CT molecular complexity index is 217. The summed E-state index contributed by atoms with van der Waals surface area (Å²) >= 11 is 0. The van der Waals surface area contributed by atoms with Crippen LogP contribution in [0.2, 0.25) is 0 Å². The fourth-order valence-corrected chi connectivity index (χ4v) is 4.72. The quantitative estimate of drug-likeness (QED) is 0.716. The van der Waals surface area contributed by atoms with Gasteiger partial charge in [0, 0.05) is 6.61 Å². The molecule has 1 N–H and O–H groups in total. The lowest BCUT2D eigenvalue weighted by atomic mass is 9.67. The molecule has 14 heavy (non-hydrogen) atoms. The van der Waals surface area contributed by atoms with Gasteiger partial charge >= 0.3 is 0 Å². The highest BCUT2D eigenvalue weighted by molar-refractivity contribution is 5.00. The van der Waals surface area contributed by atoms with Crippen molar-refractivity contribution in [1.82, 2.24) is 0 Å². The molecule has 2 bridgehead atoms. The average Bonchev–Trinajstić information content (AvgIpc) is 2.94. The predicted octanol–water partition coefficient (Wildman–Crippen LogP) is 2.98. The monoisotopic (exact) mass is 194 g/mol. The first-order valence-corrected chi connectivity index (χ1v) is 6.45. The summed E-state index contributed by atoms with van der Waals surface area (Å²) in [6, 6.07) is 0. The standard InChI is InChI=1S/C13H22O/c14-9-13(5-1-2-6-13)12-8-10-3-4-11(12)7-10/h10-12,14H,1-9H2. The first kappa shape index (κ1) is 9.21. The van der Waals surface area contributed by atoms with Crippen LogP contribution in [0, 0.1) is 23.2 Å². The van der Waals surface area contributed by atoms with E-state index in [4.69, 9.17) is 0 Å². The van der Waals surface area contributed by atoms with E-state index in [1.807, 2.05) is 0 Å². The summed E-state index contributed by atoms with van der Waals surface area (Å²) in [6.45, 7) is 0.473. The molecule has 0 aromatic rings. The molecule has 0 heterocycles. The van der Waals surface area contributed by atoms with Crippen LogP contribution in [0.25, 0.3) is 0 Å². The smallest absolute Gasteiger partial charge is 0.0490 e. The topological polar surface area (TPSA) is 20.2 Å². The van der Waals surface area contributed by atoms with Crippen molar-refractivity contribution in [3.63, 3.8) is 0 Å². The molecule has 0 amide bonds. The van der Waals surface area contributed by atoms with Crippen molar-refractivity contribution in [2.24, 2.45) is 23.2 Å². The first-order valence-electron chi connectivity index (χ1n) is 6.45. The Morgan fingerprint density at radius 2 is 1.86 bits per heavy atom. The molecule has 1 nitrogen and oxygen atoms in total. The van der Waals surface area contributed by atoms with E-state index in [-0.39, 0.29) is 0 Å². The van der Waals surface area contributed by atoms with Crippen molar-refractivity contribution in [3.05, 3.63) is 0 Å². The Labute approximate surface area is 86.9 Å². The maximum Gasteiger partial charge on any atom is 0.0490 e. The van der Waals surface area contributed by atoms with Crippen molar-refractivity contribution >= 4 is 0 Å². The minimum Gasteiger partial charge on any atom is -0.396 e. The Morgan fingerprint density at radius 1 is 1.07 bits per heavy atom. The molecule has 1 heteroatoms. The summed E-state index contributed by atoms with van der Waals surface area (Å²) in [7, 11) is 0. The van der Waals surface area contributed by atoms with Gasteiger partial charge in [0.15, 0.2) is 0 Å². The van der Waals surface area contributed by atoms with E-state index in [1.165, 1.54) is 51.4 Å². The van der Waals surface area contributed by atoms with E-state index in [9.17, 15) is 5.11 Å². The minimum atomic E-state index is 0.375. The van der Waals surface area contributed by atoms with E-state index in [1.54, 1.807) is 0 Å². The highest BCUT2D eigenvalue weighted by Crippen LogP contribution is 2.59. The summed E-state index contributed by atoms with van der Waals surface area (Å²) in [6.07, 6.45) is 11.3. The maximum absolute atomic E-state index is 9.71. The average molecular weight is 194 g/mol.